The first-order valence-electron chi connectivity index (χ1n) is 4.98. The maximum atomic E-state index is 10.8. The van der Waals surface area contributed by atoms with Gasteiger partial charge in [-0.2, -0.15) is 0 Å². The molecular formula is C12H8BrClN2O2. The number of rotatable bonds is 3. The lowest BCUT2D eigenvalue weighted by atomic mass is 10.2. The summed E-state index contributed by atoms with van der Waals surface area (Å²) in [6, 6.07) is 8.52. The largest absolute Gasteiger partial charge is 0.477 e. The number of aromatic nitrogens is 1. The normalized spacial score (nSPS) is 10.1. The molecule has 0 atom stereocenters. The topological polar surface area (TPSA) is 62.2 Å². The van der Waals surface area contributed by atoms with Gasteiger partial charge >= 0.3 is 5.97 Å². The minimum Gasteiger partial charge on any atom is -0.477 e. The quantitative estimate of drug-likeness (QED) is 0.896. The van der Waals surface area contributed by atoms with Gasteiger partial charge in [0.05, 0.1) is 15.2 Å². The third-order valence-corrected chi connectivity index (χ3v) is 3.61. The van der Waals surface area contributed by atoms with Gasteiger partial charge in [0.1, 0.15) is 5.69 Å². The molecule has 0 unspecified atom stereocenters. The number of carboxylic acid groups (broad SMARTS) is 1. The van der Waals surface area contributed by atoms with Crippen molar-refractivity contribution in [2.24, 2.45) is 0 Å². The van der Waals surface area contributed by atoms with Crippen LogP contribution in [0.25, 0.3) is 0 Å². The molecule has 0 spiro atoms. The molecule has 0 aliphatic carbocycles. The molecule has 0 aliphatic rings. The highest BCUT2D eigenvalue weighted by Crippen LogP contribution is 2.32. The van der Waals surface area contributed by atoms with Gasteiger partial charge in [-0.25, -0.2) is 9.78 Å². The lowest BCUT2D eigenvalue weighted by Crippen LogP contribution is -2.01. The zero-order chi connectivity index (χ0) is 13.1. The zero-order valence-corrected chi connectivity index (χ0v) is 11.4. The van der Waals surface area contributed by atoms with Crippen molar-refractivity contribution in [3.8, 4) is 0 Å². The van der Waals surface area contributed by atoms with Crippen molar-refractivity contribution in [2.75, 3.05) is 5.32 Å². The molecule has 1 heterocycles. The molecule has 2 rings (SSSR count). The molecule has 0 saturated carbocycles. The molecule has 0 bridgehead atoms. The molecule has 2 N–H and O–H groups in total. The maximum absolute atomic E-state index is 10.8. The minimum atomic E-state index is -1.07. The molecule has 18 heavy (non-hydrogen) atoms. The van der Waals surface area contributed by atoms with Crippen LogP contribution in [0.5, 0.6) is 0 Å². The summed E-state index contributed by atoms with van der Waals surface area (Å²) in [7, 11) is 0. The lowest BCUT2D eigenvalue weighted by Gasteiger charge is -2.09. The zero-order valence-electron chi connectivity index (χ0n) is 9.02. The van der Waals surface area contributed by atoms with E-state index in [1.54, 1.807) is 18.2 Å². The third-order valence-electron chi connectivity index (χ3n) is 2.21. The van der Waals surface area contributed by atoms with E-state index in [0.717, 1.165) is 10.2 Å². The van der Waals surface area contributed by atoms with Crippen molar-refractivity contribution >= 4 is 44.9 Å². The number of anilines is 2. The van der Waals surface area contributed by atoms with E-state index >= 15 is 0 Å². The Hall–Kier alpha value is -1.59. The van der Waals surface area contributed by atoms with Gasteiger partial charge in [-0.3, -0.25) is 0 Å². The van der Waals surface area contributed by atoms with Crippen LogP contribution in [0.1, 0.15) is 10.5 Å². The smallest absolute Gasteiger partial charge is 0.354 e. The Morgan fingerprint density at radius 2 is 2.17 bits per heavy atom. The summed E-state index contributed by atoms with van der Waals surface area (Å²) >= 11 is 9.33. The molecule has 2 aromatic rings. The van der Waals surface area contributed by atoms with Gasteiger partial charge in [-0.05, 0) is 40.2 Å². The van der Waals surface area contributed by atoms with E-state index < -0.39 is 5.97 Å². The van der Waals surface area contributed by atoms with E-state index in [2.05, 4.69) is 26.2 Å². The first kappa shape index (κ1) is 12.9. The first-order chi connectivity index (χ1) is 8.58. The summed E-state index contributed by atoms with van der Waals surface area (Å²) in [5.74, 6) is -1.07. The minimum absolute atomic E-state index is 0.0156. The average Bonchev–Trinajstić information content (AvgIpc) is 2.35. The number of carboxylic acids is 1. The Labute approximate surface area is 117 Å². The molecule has 92 valence electrons. The molecular weight excluding hydrogens is 320 g/mol. The van der Waals surface area contributed by atoms with Gasteiger partial charge in [0.2, 0.25) is 0 Å². The Morgan fingerprint density at radius 3 is 2.89 bits per heavy atom. The molecule has 4 nitrogen and oxygen atoms in total. The van der Waals surface area contributed by atoms with E-state index in [-0.39, 0.29) is 5.69 Å². The van der Waals surface area contributed by atoms with Crippen LogP contribution in [-0.4, -0.2) is 16.1 Å². The number of carbonyl (C=O) groups is 1. The Bertz CT molecular complexity index is 604. The van der Waals surface area contributed by atoms with Gasteiger partial charge in [-0.1, -0.05) is 17.7 Å². The van der Waals surface area contributed by atoms with Crippen molar-refractivity contribution < 1.29 is 9.90 Å². The average molecular weight is 328 g/mol. The Kier molecular flexibility index (Phi) is 3.84. The third kappa shape index (κ3) is 2.80. The molecule has 1 aromatic heterocycles. The van der Waals surface area contributed by atoms with Crippen LogP contribution in [0.4, 0.5) is 11.4 Å². The molecule has 0 fully saturated rings. The predicted molar refractivity (Wildman–Crippen MR) is 73.6 cm³/mol. The van der Waals surface area contributed by atoms with Crippen molar-refractivity contribution in [3.63, 3.8) is 0 Å². The summed E-state index contributed by atoms with van der Waals surface area (Å²) < 4.78 is 0.723. The molecule has 0 amide bonds. The van der Waals surface area contributed by atoms with Crippen LogP contribution >= 0.6 is 27.5 Å². The maximum Gasteiger partial charge on any atom is 0.354 e. The second-order valence-corrected chi connectivity index (χ2v) is 4.66. The molecule has 0 aliphatic heterocycles. The van der Waals surface area contributed by atoms with E-state index in [9.17, 15) is 4.79 Å². The summed E-state index contributed by atoms with van der Waals surface area (Å²) in [5, 5.41) is 12.5. The second kappa shape index (κ2) is 5.37. The fourth-order valence-corrected chi connectivity index (χ4v) is 1.92. The van der Waals surface area contributed by atoms with Gasteiger partial charge in [0.15, 0.2) is 0 Å². The lowest BCUT2D eigenvalue weighted by molar-refractivity contribution is 0.0690. The first-order valence-corrected chi connectivity index (χ1v) is 6.15. The van der Waals surface area contributed by atoms with E-state index in [4.69, 9.17) is 16.7 Å². The number of pyridine rings is 1. The second-order valence-electron chi connectivity index (χ2n) is 3.46. The number of aromatic carboxylic acids is 1. The summed E-state index contributed by atoms with van der Waals surface area (Å²) in [6.07, 6.45) is 1.43. The van der Waals surface area contributed by atoms with Crippen LogP contribution in [0.2, 0.25) is 5.02 Å². The standard InChI is InChI=1S/C12H8BrClN2O2/c13-11-8(14)2-1-3-9(11)16-7-4-5-15-10(6-7)12(17)18/h1-6H,(H,15,16)(H,17,18). The number of nitrogens with one attached hydrogen (secondary N) is 1. The molecule has 6 heteroatoms. The van der Waals surface area contributed by atoms with Crippen LogP contribution in [0.3, 0.4) is 0 Å². The van der Waals surface area contributed by atoms with E-state index in [1.807, 2.05) is 6.07 Å². The van der Waals surface area contributed by atoms with Gasteiger partial charge in [0, 0.05) is 11.9 Å². The highest BCUT2D eigenvalue weighted by molar-refractivity contribution is 9.10. The number of halogens is 2. The predicted octanol–water partition coefficient (Wildman–Crippen LogP) is 3.94. The van der Waals surface area contributed by atoms with Crippen LogP contribution in [0.15, 0.2) is 41.0 Å². The molecule has 1 aromatic carbocycles. The molecule has 0 radical (unpaired) electrons. The Morgan fingerprint density at radius 1 is 1.39 bits per heavy atom. The van der Waals surface area contributed by atoms with Crippen LogP contribution in [-0.2, 0) is 0 Å². The van der Waals surface area contributed by atoms with Crippen LogP contribution in [0, 0.1) is 0 Å². The molecule has 0 saturated heterocycles. The summed E-state index contributed by atoms with van der Waals surface area (Å²) in [4.78, 5) is 14.5. The van der Waals surface area contributed by atoms with Crippen molar-refractivity contribution in [1.29, 1.82) is 0 Å². The number of hydrogen-bond donors (Lipinski definition) is 2. The highest BCUT2D eigenvalue weighted by atomic mass is 79.9. The van der Waals surface area contributed by atoms with E-state index in [0.29, 0.717) is 10.7 Å². The number of benzene rings is 1. The van der Waals surface area contributed by atoms with Crippen molar-refractivity contribution in [3.05, 3.63) is 51.7 Å². The van der Waals surface area contributed by atoms with Crippen molar-refractivity contribution in [1.82, 2.24) is 4.98 Å². The fourth-order valence-electron chi connectivity index (χ4n) is 1.38. The van der Waals surface area contributed by atoms with Gasteiger partial charge in [-0.15, -0.1) is 0 Å². The highest BCUT2D eigenvalue weighted by Gasteiger charge is 2.07. The fraction of sp³-hybridized carbons (Fsp3) is 0. The van der Waals surface area contributed by atoms with Gasteiger partial charge in [0.25, 0.3) is 0 Å². The van der Waals surface area contributed by atoms with Gasteiger partial charge < -0.3 is 10.4 Å². The summed E-state index contributed by atoms with van der Waals surface area (Å²) in [5.41, 5.74) is 1.37. The summed E-state index contributed by atoms with van der Waals surface area (Å²) in [6.45, 7) is 0. The number of nitrogens with zero attached hydrogens (tertiary/aromatic N) is 1. The SMILES string of the molecule is O=C(O)c1cc(Nc2cccc(Cl)c2Br)ccn1. The van der Waals surface area contributed by atoms with Crippen LogP contribution < -0.4 is 5.32 Å². The van der Waals surface area contributed by atoms with E-state index in [1.165, 1.54) is 12.3 Å². The monoisotopic (exact) mass is 326 g/mol. The number of hydrogen-bond acceptors (Lipinski definition) is 3. The Balaban J connectivity index is 2.31. The van der Waals surface area contributed by atoms with Crippen molar-refractivity contribution in [2.45, 2.75) is 0 Å².